The molecule has 1 aromatic carbocycles. The molecule has 2 rings (SSSR count). The average molecular weight is 438 g/mol. The third-order valence-corrected chi connectivity index (χ3v) is 4.17. The van der Waals surface area contributed by atoms with E-state index in [0.29, 0.717) is 31.1 Å². The maximum atomic E-state index is 11.4. The highest BCUT2D eigenvalue weighted by atomic mass is 79.9. The monoisotopic (exact) mass is 437 g/mol. The van der Waals surface area contributed by atoms with Crippen molar-refractivity contribution in [3.63, 3.8) is 0 Å². The van der Waals surface area contributed by atoms with Gasteiger partial charge in [-0.3, -0.25) is 0 Å². The zero-order chi connectivity index (χ0) is 19.6. The molecule has 0 aliphatic rings. The van der Waals surface area contributed by atoms with Gasteiger partial charge in [0.25, 0.3) is 0 Å². The van der Waals surface area contributed by atoms with Crippen molar-refractivity contribution < 1.29 is 23.7 Å². The maximum absolute atomic E-state index is 11.4. The summed E-state index contributed by atoms with van der Waals surface area (Å²) in [5, 5.41) is 0. The van der Waals surface area contributed by atoms with Crippen LogP contribution < -0.4 is 9.47 Å². The number of methoxy groups -OCH3 is 1. The predicted molar refractivity (Wildman–Crippen MR) is 105 cm³/mol. The van der Waals surface area contributed by atoms with Gasteiger partial charge in [0.05, 0.1) is 18.9 Å². The van der Waals surface area contributed by atoms with Gasteiger partial charge in [-0.2, -0.15) is 0 Å². The fourth-order valence-corrected chi connectivity index (χ4v) is 2.81. The largest absolute Gasteiger partial charge is 0.484 e. The molecule has 0 aliphatic heterocycles. The smallest absolute Gasteiger partial charge is 0.344 e. The second-order valence-corrected chi connectivity index (χ2v) is 6.61. The molecule has 1 atom stereocenters. The van der Waals surface area contributed by atoms with E-state index in [0.717, 1.165) is 15.9 Å². The third-order valence-electron chi connectivity index (χ3n) is 3.73. The highest BCUT2D eigenvalue weighted by Gasteiger charge is 2.16. The van der Waals surface area contributed by atoms with Gasteiger partial charge < -0.3 is 18.9 Å². The third kappa shape index (κ3) is 6.84. The Balaban J connectivity index is 2.08. The summed E-state index contributed by atoms with van der Waals surface area (Å²) in [5.41, 5.74) is 1.69. The number of carbonyl (C=O) groups excluding carboxylic acids is 1. The van der Waals surface area contributed by atoms with E-state index in [1.54, 1.807) is 20.1 Å². The number of rotatable bonds is 10. The van der Waals surface area contributed by atoms with Crippen molar-refractivity contribution in [3.05, 3.63) is 52.3 Å². The van der Waals surface area contributed by atoms with Crippen LogP contribution in [0.3, 0.4) is 0 Å². The first-order valence-corrected chi connectivity index (χ1v) is 9.50. The Bertz CT molecular complexity index is 753. The van der Waals surface area contributed by atoms with Gasteiger partial charge in [0, 0.05) is 13.5 Å². The summed E-state index contributed by atoms with van der Waals surface area (Å²) in [4.78, 5) is 15.9. The van der Waals surface area contributed by atoms with Crippen LogP contribution in [-0.4, -0.2) is 37.9 Å². The molecule has 0 saturated carbocycles. The molecule has 0 aliphatic carbocycles. The summed E-state index contributed by atoms with van der Waals surface area (Å²) in [6.45, 7) is 4.43. The average Bonchev–Trinajstić information content (AvgIpc) is 2.64. The van der Waals surface area contributed by atoms with Crippen LogP contribution in [0, 0.1) is 6.92 Å². The topological polar surface area (TPSA) is 66.9 Å². The lowest BCUT2D eigenvalue weighted by molar-refractivity contribution is -0.145. The number of carbonyl (C=O) groups is 1. The van der Waals surface area contributed by atoms with Crippen molar-refractivity contribution in [3.8, 4) is 11.5 Å². The molecule has 0 unspecified atom stereocenters. The Labute approximate surface area is 167 Å². The molecule has 0 bridgehead atoms. The summed E-state index contributed by atoms with van der Waals surface area (Å²) in [7, 11) is 1.66. The van der Waals surface area contributed by atoms with Crippen molar-refractivity contribution >= 4 is 21.9 Å². The molecule has 1 heterocycles. The Morgan fingerprint density at radius 2 is 2.07 bits per heavy atom. The number of aromatic nitrogens is 1. The number of aryl methyl sites for hydroxylation is 1. The van der Waals surface area contributed by atoms with Crippen molar-refractivity contribution in [1.29, 1.82) is 0 Å². The number of ether oxygens (including phenoxy) is 4. The van der Waals surface area contributed by atoms with Crippen LogP contribution in [-0.2, 0) is 14.3 Å². The molecule has 0 saturated heterocycles. The fourth-order valence-electron chi connectivity index (χ4n) is 2.46. The molecule has 146 valence electrons. The van der Waals surface area contributed by atoms with E-state index in [4.69, 9.17) is 18.9 Å². The van der Waals surface area contributed by atoms with Gasteiger partial charge in [-0.05, 0) is 65.7 Å². The zero-order valence-corrected chi connectivity index (χ0v) is 17.3. The van der Waals surface area contributed by atoms with Crippen molar-refractivity contribution in [2.45, 2.75) is 26.4 Å². The van der Waals surface area contributed by atoms with Crippen LogP contribution in [0.4, 0.5) is 0 Å². The van der Waals surface area contributed by atoms with Crippen LogP contribution in [0.25, 0.3) is 0 Å². The Morgan fingerprint density at radius 1 is 1.26 bits per heavy atom. The lowest BCUT2D eigenvalue weighted by Crippen LogP contribution is -2.15. The summed E-state index contributed by atoms with van der Waals surface area (Å²) < 4.78 is 22.5. The molecule has 0 amide bonds. The van der Waals surface area contributed by atoms with E-state index in [1.807, 2.05) is 37.3 Å². The first-order valence-electron chi connectivity index (χ1n) is 8.70. The lowest BCUT2D eigenvalue weighted by Gasteiger charge is -2.19. The van der Waals surface area contributed by atoms with Gasteiger partial charge >= 0.3 is 5.97 Å². The number of hydrogen-bond acceptors (Lipinski definition) is 6. The number of esters is 1. The minimum absolute atomic E-state index is 0.118. The van der Waals surface area contributed by atoms with Crippen LogP contribution >= 0.6 is 15.9 Å². The number of halogens is 1. The number of hydrogen-bond donors (Lipinski definition) is 0. The normalized spacial score (nSPS) is 11.7. The quantitative estimate of drug-likeness (QED) is 0.408. The summed E-state index contributed by atoms with van der Waals surface area (Å²) >= 11 is 3.39. The van der Waals surface area contributed by atoms with Crippen LogP contribution in [0.15, 0.2) is 41.0 Å². The molecule has 7 heteroatoms. The van der Waals surface area contributed by atoms with Crippen LogP contribution in [0.5, 0.6) is 11.5 Å². The highest BCUT2D eigenvalue weighted by molar-refractivity contribution is 9.10. The van der Waals surface area contributed by atoms with E-state index in [1.165, 1.54) is 0 Å². The predicted octanol–water partition coefficient (Wildman–Crippen LogP) is 4.25. The van der Waals surface area contributed by atoms with Gasteiger partial charge in [-0.15, -0.1) is 0 Å². The SMILES string of the molecule is CCOC(=O)COc1ccc(O[C@@H](CCOC)c2cccc(Br)n2)cc1C. The molecule has 1 aromatic heterocycles. The molecule has 6 nitrogen and oxygen atoms in total. The van der Waals surface area contributed by atoms with E-state index < -0.39 is 5.97 Å². The van der Waals surface area contributed by atoms with E-state index in [-0.39, 0.29) is 12.7 Å². The molecule has 0 N–H and O–H groups in total. The molecule has 0 spiro atoms. The number of pyridine rings is 1. The Hall–Kier alpha value is -2.12. The van der Waals surface area contributed by atoms with E-state index in [9.17, 15) is 4.79 Å². The van der Waals surface area contributed by atoms with Gasteiger partial charge in [0.2, 0.25) is 0 Å². The molecule has 0 fully saturated rings. The molecule has 27 heavy (non-hydrogen) atoms. The maximum Gasteiger partial charge on any atom is 0.344 e. The highest BCUT2D eigenvalue weighted by Crippen LogP contribution is 2.29. The minimum atomic E-state index is -0.391. The first-order chi connectivity index (χ1) is 13.0. The Kier molecular flexibility index (Phi) is 8.54. The summed E-state index contributed by atoms with van der Waals surface area (Å²) in [6.07, 6.45) is 0.424. The van der Waals surface area contributed by atoms with Gasteiger partial charge in [0.1, 0.15) is 22.2 Å². The van der Waals surface area contributed by atoms with Gasteiger partial charge in [-0.25, -0.2) is 9.78 Å². The summed E-state index contributed by atoms with van der Waals surface area (Å²) in [5.74, 6) is 0.917. The number of benzene rings is 1. The van der Waals surface area contributed by atoms with Crippen LogP contribution in [0.1, 0.15) is 30.7 Å². The van der Waals surface area contributed by atoms with Crippen molar-refractivity contribution in [2.24, 2.45) is 0 Å². The van der Waals surface area contributed by atoms with E-state index in [2.05, 4.69) is 20.9 Å². The standard InChI is InChI=1S/C20H24BrNO5/c1-4-25-20(23)13-26-17-9-8-15(12-14(17)2)27-18(10-11-24-3)16-6-5-7-19(21)22-16/h5-9,12,18H,4,10-11,13H2,1-3H3/t18-/m0/s1. The summed E-state index contributed by atoms with van der Waals surface area (Å²) in [6, 6.07) is 11.2. The first kappa shape index (κ1) is 21.2. The van der Waals surface area contributed by atoms with Crippen molar-refractivity contribution in [2.75, 3.05) is 26.9 Å². The van der Waals surface area contributed by atoms with Gasteiger partial charge in [0.15, 0.2) is 6.61 Å². The van der Waals surface area contributed by atoms with Gasteiger partial charge in [-0.1, -0.05) is 6.07 Å². The Morgan fingerprint density at radius 3 is 2.74 bits per heavy atom. The zero-order valence-electron chi connectivity index (χ0n) is 15.7. The van der Waals surface area contributed by atoms with E-state index >= 15 is 0 Å². The molecule has 2 aromatic rings. The molecule has 0 radical (unpaired) electrons. The number of nitrogens with zero attached hydrogens (tertiary/aromatic N) is 1. The molecular formula is C20H24BrNO5. The fraction of sp³-hybridized carbons (Fsp3) is 0.400. The lowest BCUT2D eigenvalue weighted by atomic mass is 10.1. The minimum Gasteiger partial charge on any atom is -0.484 e. The second kappa shape index (κ2) is 10.9. The molecular weight excluding hydrogens is 414 g/mol. The second-order valence-electron chi connectivity index (χ2n) is 5.79. The van der Waals surface area contributed by atoms with Crippen molar-refractivity contribution in [1.82, 2.24) is 4.98 Å². The van der Waals surface area contributed by atoms with Crippen LogP contribution in [0.2, 0.25) is 0 Å².